The molecule has 1 nitrogen and oxygen atoms in total. The Kier molecular flexibility index (Phi) is 20.7. The van der Waals surface area contributed by atoms with Crippen molar-refractivity contribution >= 4 is 24.5 Å². The number of thiol groups is 1. The molecule has 2 aromatic rings. The van der Waals surface area contributed by atoms with Gasteiger partial charge in [-0.1, -0.05) is 122 Å². The number of carbonyl (C=O) groups is 1. The number of ketones is 1. The first-order valence-electron chi connectivity index (χ1n) is 11.3. The maximum atomic E-state index is 10.8. The molecule has 0 radical (unpaired) electrons. The maximum absolute atomic E-state index is 10.8. The molecule has 0 saturated heterocycles. The molecule has 0 atom stereocenters. The molecule has 30 heavy (non-hydrogen) atoms. The van der Waals surface area contributed by atoms with Gasteiger partial charge in [0.25, 0.3) is 0 Å². The van der Waals surface area contributed by atoms with Crippen LogP contribution in [0.3, 0.4) is 0 Å². The fourth-order valence-electron chi connectivity index (χ4n) is 2.40. The number of Topliss-reactive ketones (excluding diaryl/α,β-unsaturated/α-hetero) is 1. The first-order chi connectivity index (χ1) is 14.3. The van der Waals surface area contributed by atoms with E-state index in [1.165, 1.54) is 37.7 Å². The molecular formula is C28H44OS. The zero-order valence-electron chi connectivity index (χ0n) is 20.4. The Balaban J connectivity index is 0. The summed E-state index contributed by atoms with van der Waals surface area (Å²) in [6.07, 6.45) is 8.83. The Bertz CT molecular complexity index is 650. The lowest BCUT2D eigenvalue weighted by molar-refractivity contribution is 0.101. The van der Waals surface area contributed by atoms with Crippen LogP contribution >= 0.6 is 12.6 Å². The second kappa shape index (κ2) is 20.5. The number of unbranched alkanes of at least 4 members (excludes halogenated alkanes) is 3. The highest BCUT2D eigenvalue weighted by atomic mass is 32.1. The quantitative estimate of drug-likeness (QED) is 0.264. The van der Waals surface area contributed by atoms with E-state index >= 15 is 0 Å². The lowest BCUT2D eigenvalue weighted by Crippen LogP contribution is -1.90. The van der Waals surface area contributed by atoms with Gasteiger partial charge in [0.2, 0.25) is 0 Å². The van der Waals surface area contributed by atoms with Gasteiger partial charge in [-0.2, -0.15) is 0 Å². The van der Waals surface area contributed by atoms with Gasteiger partial charge in [-0.15, -0.1) is 12.6 Å². The molecule has 0 aliphatic heterocycles. The van der Waals surface area contributed by atoms with Crippen molar-refractivity contribution in [3.63, 3.8) is 0 Å². The van der Waals surface area contributed by atoms with Crippen LogP contribution in [0.1, 0.15) is 95.1 Å². The van der Waals surface area contributed by atoms with Crippen LogP contribution in [0.25, 0.3) is 6.08 Å². The summed E-state index contributed by atoms with van der Waals surface area (Å²) in [6.45, 7) is 18.1. The fourth-order valence-corrected chi connectivity index (χ4v) is 2.56. The van der Waals surface area contributed by atoms with Crippen molar-refractivity contribution in [3.05, 3.63) is 71.8 Å². The molecule has 0 heterocycles. The number of benzene rings is 2. The predicted octanol–water partition coefficient (Wildman–Crippen LogP) is 9.45. The summed E-state index contributed by atoms with van der Waals surface area (Å²) in [4.78, 5) is 11.9. The normalized spacial score (nSPS) is 9.23. The summed E-state index contributed by atoms with van der Waals surface area (Å²) in [5.74, 6) is 1.00. The van der Waals surface area contributed by atoms with Crippen LogP contribution in [-0.2, 0) is 0 Å². The number of aryl methyl sites for hydroxylation is 1. The molecule has 0 unspecified atom stereocenters. The van der Waals surface area contributed by atoms with E-state index in [2.05, 4.69) is 40.0 Å². The zero-order valence-corrected chi connectivity index (χ0v) is 21.3. The zero-order chi connectivity index (χ0) is 23.4. The number of hydrogen-bond donors (Lipinski definition) is 1. The average Bonchev–Trinajstić information content (AvgIpc) is 2.75. The number of rotatable bonds is 7. The predicted molar refractivity (Wildman–Crippen MR) is 140 cm³/mol. The van der Waals surface area contributed by atoms with Crippen molar-refractivity contribution < 1.29 is 4.79 Å². The Morgan fingerprint density at radius 1 is 1.00 bits per heavy atom. The second-order valence-electron chi connectivity index (χ2n) is 7.41. The summed E-state index contributed by atoms with van der Waals surface area (Å²) < 4.78 is 0. The lowest BCUT2D eigenvalue weighted by Gasteiger charge is -2.01. The van der Waals surface area contributed by atoms with Crippen LogP contribution in [0.4, 0.5) is 0 Å². The van der Waals surface area contributed by atoms with Crippen LogP contribution in [0.2, 0.25) is 0 Å². The highest BCUT2D eigenvalue weighted by Gasteiger charge is 1.95. The third-order valence-electron chi connectivity index (χ3n) is 4.30. The smallest absolute Gasteiger partial charge is 0.159 e. The molecule has 0 amide bonds. The maximum Gasteiger partial charge on any atom is 0.159 e. The van der Waals surface area contributed by atoms with Gasteiger partial charge in [0, 0.05) is 10.5 Å². The third-order valence-corrected chi connectivity index (χ3v) is 4.81. The van der Waals surface area contributed by atoms with Gasteiger partial charge in [-0.3, -0.25) is 4.79 Å². The fraction of sp³-hybridized carbons (Fsp3) is 0.464. The summed E-state index contributed by atoms with van der Waals surface area (Å²) >= 11 is 4.20. The third kappa shape index (κ3) is 17.1. The molecule has 2 aromatic carbocycles. The van der Waals surface area contributed by atoms with Gasteiger partial charge < -0.3 is 0 Å². The molecule has 2 rings (SSSR count). The lowest BCUT2D eigenvalue weighted by atomic mass is 10.1. The molecule has 0 spiro atoms. The van der Waals surface area contributed by atoms with Crippen molar-refractivity contribution in [1.29, 1.82) is 0 Å². The summed E-state index contributed by atoms with van der Waals surface area (Å²) in [6, 6.07) is 15.4. The summed E-state index contributed by atoms with van der Waals surface area (Å²) in [7, 11) is 0. The molecule has 2 heteroatoms. The van der Waals surface area contributed by atoms with Crippen molar-refractivity contribution in [2.24, 2.45) is 5.92 Å². The molecule has 0 N–H and O–H groups in total. The van der Waals surface area contributed by atoms with Crippen LogP contribution in [0.5, 0.6) is 0 Å². The molecule has 0 aliphatic rings. The topological polar surface area (TPSA) is 17.1 Å². The first-order valence-corrected chi connectivity index (χ1v) is 11.7. The van der Waals surface area contributed by atoms with E-state index in [1.807, 2.05) is 57.2 Å². The van der Waals surface area contributed by atoms with E-state index in [-0.39, 0.29) is 5.78 Å². The largest absolute Gasteiger partial charge is 0.295 e. The first kappa shape index (κ1) is 30.4. The van der Waals surface area contributed by atoms with E-state index in [0.717, 1.165) is 21.9 Å². The van der Waals surface area contributed by atoms with Crippen LogP contribution in [0.15, 0.2) is 60.0 Å². The minimum atomic E-state index is 0.0978. The second-order valence-corrected chi connectivity index (χ2v) is 7.89. The van der Waals surface area contributed by atoms with Crippen molar-refractivity contribution in [3.8, 4) is 0 Å². The van der Waals surface area contributed by atoms with Gasteiger partial charge in [0.15, 0.2) is 5.78 Å². The van der Waals surface area contributed by atoms with Crippen LogP contribution in [0, 0.1) is 12.8 Å². The molecular weight excluding hydrogens is 384 g/mol. The highest BCUT2D eigenvalue weighted by Crippen LogP contribution is 2.10. The highest BCUT2D eigenvalue weighted by molar-refractivity contribution is 7.80. The van der Waals surface area contributed by atoms with E-state index in [9.17, 15) is 4.79 Å². The summed E-state index contributed by atoms with van der Waals surface area (Å²) in [5.41, 5.74) is 3.02. The minimum absolute atomic E-state index is 0.0978. The number of carbonyl (C=O) groups excluding carboxylic acids is 1. The molecule has 0 saturated carbocycles. The molecule has 0 fully saturated rings. The Hall–Kier alpha value is -1.80. The van der Waals surface area contributed by atoms with Gasteiger partial charge >= 0.3 is 0 Å². The van der Waals surface area contributed by atoms with Crippen molar-refractivity contribution in [2.45, 2.75) is 85.5 Å². The minimum Gasteiger partial charge on any atom is -0.295 e. The van der Waals surface area contributed by atoms with Crippen LogP contribution in [-0.4, -0.2) is 5.78 Å². The van der Waals surface area contributed by atoms with E-state index in [1.54, 1.807) is 25.1 Å². The Morgan fingerprint density at radius 2 is 1.57 bits per heavy atom. The van der Waals surface area contributed by atoms with Gasteiger partial charge in [-0.25, -0.2) is 0 Å². The molecule has 0 aromatic heterocycles. The van der Waals surface area contributed by atoms with Gasteiger partial charge in [0.1, 0.15) is 0 Å². The molecule has 168 valence electrons. The van der Waals surface area contributed by atoms with Crippen LogP contribution < -0.4 is 0 Å². The van der Waals surface area contributed by atoms with Gasteiger partial charge in [-0.05, 0) is 37.0 Å². The molecule has 0 aliphatic carbocycles. The standard InChI is InChI=1S/C10H10O.C9H20.C7H8S.C2H6/c1-3-9-4-6-10(7-5-9)8(2)11;1-4-5-6-7-8-9(2)3;1-6-4-2-3-5-7(6)8;1-2/h3-7H,1H2,2H3;9H,4-8H2,1-3H3;2-5,8H,1H3;1-2H3. The van der Waals surface area contributed by atoms with Crippen molar-refractivity contribution in [2.75, 3.05) is 0 Å². The molecule has 0 bridgehead atoms. The number of hydrogen-bond acceptors (Lipinski definition) is 2. The van der Waals surface area contributed by atoms with E-state index in [0.29, 0.717) is 0 Å². The summed E-state index contributed by atoms with van der Waals surface area (Å²) in [5, 5.41) is 0. The van der Waals surface area contributed by atoms with Crippen molar-refractivity contribution in [1.82, 2.24) is 0 Å². The Morgan fingerprint density at radius 3 is 1.93 bits per heavy atom. The average molecular weight is 429 g/mol. The monoisotopic (exact) mass is 428 g/mol. The SMILES string of the molecule is C=Cc1ccc(C(C)=O)cc1.CC.CCCCCCC(C)C.Cc1ccccc1S. The van der Waals surface area contributed by atoms with E-state index in [4.69, 9.17) is 0 Å². The Labute approximate surface area is 192 Å². The van der Waals surface area contributed by atoms with E-state index < -0.39 is 0 Å². The van der Waals surface area contributed by atoms with Gasteiger partial charge in [0.05, 0.1) is 0 Å².